The average Bonchev–Trinajstić information content (AvgIpc) is 3.22. The molecule has 4 aromatic rings. The van der Waals surface area contributed by atoms with Crippen molar-refractivity contribution in [2.75, 3.05) is 5.43 Å². The van der Waals surface area contributed by atoms with E-state index in [4.69, 9.17) is 0 Å². The Hall–Kier alpha value is -2.47. The zero-order valence-corrected chi connectivity index (χ0v) is 23.5. The van der Waals surface area contributed by atoms with Gasteiger partial charge in [-0.2, -0.15) is 0 Å². The summed E-state index contributed by atoms with van der Waals surface area (Å²) >= 11 is 0. The highest BCUT2D eigenvalue weighted by Crippen LogP contribution is 2.30. The van der Waals surface area contributed by atoms with Gasteiger partial charge in [-0.05, 0) is 29.2 Å². The van der Waals surface area contributed by atoms with Gasteiger partial charge in [0.15, 0.2) is 18.9 Å². The van der Waals surface area contributed by atoms with E-state index in [9.17, 15) is 4.79 Å². The first-order valence-electron chi connectivity index (χ1n) is 10.7. The first kappa shape index (κ1) is 27.8. The number of nitrogens with zero attached hydrogens (tertiary/aromatic N) is 3. The van der Waals surface area contributed by atoms with Crippen molar-refractivity contribution in [1.82, 2.24) is 9.99 Å². The summed E-state index contributed by atoms with van der Waals surface area (Å²) in [5.74, 6) is 0.0992. The van der Waals surface area contributed by atoms with E-state index in [2.05, 4.69) is 65.7 Å². The molecular formula is C26H29I2N5O. The molecular weight excluding hydrogens is 652 g/mol. The van der Waals surface area contributed by atoms with Gasteiger partial charge in [-0.25, -0.2) is 13.7 Å². The Bertz CT molecular complexity index is 1180. The van der Waals surface area contributed by atoms with Crippen LogP contribution in [0.5, 0.6) is 0 Å². The van der Waals surface area contributed by atoms with Crippen molar-refractivity contribution < 1.29 is 61.9 Å². The molecule has 2 N–H and O–H groups in total. The third kappa shape index (κ3) is 7.52. The molecule has 1 unspecified atom stereocenters. The highest BCUT2D eigenvalue weighted by molar-refractivity contribution is 5.77. The third-order valence-electron chi connectivity index (χ3n) is 5.54. The van der Waals surface area contributed by atoms with Gasteiger partial charge in [0.1, 0.15) is 19.4 Å². The number of pyridine rings is 1. The first-order valence-corrected chi connectivity index (χ1v) is 10.7. The maximum Gasteiger partial charge on any atom is 0.280 e. The van der Waals surface area contributed by atoms with E-state index >= 15 is 0 Å². The minimum absolute atomic E-state index is 0. The fourth-order valence-corrected chi connectivity index (χ4v) is 3.84. The second-order valence-corrected chi connectivity index (χ2v) is 8.05. The quantitative estimate of drug-likeness (QED) is 0.116. The SMILES string of the molecule is C[n+]1ccc(C(Cc2ccccc2NNC(=O)Cn2cc[n+](C)c2)c2ccccc2)cc1.[I-].[I-]. The summed E-state index contributed by atoms with van der Waals surface area (Å²) in [6.45, 7) is 0.254. The number of carbonyl (C=O) groups excluding carboxylic acids is 1. The third-order valence-corrected chi connectivity index (χ3v) is 5.54. The summed E-state index contributed by atoms with van der Waals surface area (Å²) in [4.78, 5) is 12.4. The highest BCUT2D eigenvalue weighted by atomic mass is 127. The molecule has 0 radical (unpaired) electrons. The molecule has 0 saturated heterocycles. The van der Waals surface area contributed by atoms with Gasteiger partial charge in [0, 0.05) is 18.1 Å². The van der Waals surface area contributed by atoms with Crippen LogP contribution >= 0.6 is 0 Å². The minimum atomic E-state index is -0.105. The van der Waals surface area contributed by atoms with Crippen LogP contribution in [0, 0.1) is 0 Å². The molecule has 0 saturated carbocycles. The molecule has 0 spiro atoms. The van der Waals surface area contributed by atoms with Gasteiger partial charge in [0.2, 0.25) is 6.33 Å². The Morgan fingerprint density at radius 3 is 2.18 bits per heavy atom. The number of nitrogens with one attached hydrogen (secondary N) is 2. The van der Waals surface area contributed by atoms with E-state index in [1.165, 1.54) is 11.1 Å². The summed E-state index contributed by atoms with van der Waals surface area (Å²) in [6, 6.07) is 23.0. The Kier molecular flexibility index (Phi) is 11.0. The Morgan fingerprint density at radius 2 is 1.50 bits per heavy atom. The van der Waals surface area contributed by atoms with Gasteiger partial charge in [-0.1, -0.05) is 48.5 Å². The van der Waals surface area contributed by atoms with Crippen molar-refractivity contribution in [3.05, 3.63) is 115 Å². The minimum Gasteiger partial charge on any atom is -1.00 e. The van der Waals surface area contributed by atoms with Gasteiger partial charge < -0.3 is 48.0 Å². The molecule has 0 aliphatic heterocycles. The summed E-state index contributed by atoms with van der Waals surface area (Å²) in [5, 5.41) is 0. The number of rotatable bonds is 8. The zero-order chi connectivity index (χ0) is 22.3. The van der Waals surface area contributed by atoms with Gasteiger partial charge in [0.25, 0.3) is 5.91 Å². The number of para-hydroxylation sites is 1. The van der Waals surface area contributed by atoms with Crippen molar-refractivity contribution in [2.45, 2.75) is 18.9 Å². The second kappa shape index (κ2) is 13.4. The van der Waals surface area contributed by atoms with Crippen molar-refractivity contribution >= 4 is 11.6 Å². The number of hydrogen-bond donors (Lipinski definition) is 2. The van der Waals surface area contributed by atoms with E-state index < -0.39 is 0 Å². The fraction of sp³-hybridized carbons (Fsp3) is 0.192. The maximum atomic E-state index is 12.4. The Balaban J connectivity index is 0.00000204. The Morgan fingerprint density at radius 1 is 0.853 bits per heavy atom. The van der Waals surface area contributed by atoms with E-state index in [-0.39, 0.29) is 66.3 Å². The molecule has 2 aromatic heterocycles. The van der Waals surface area contributed by atoms with Crippen LogP contribution in [0.25, 0.3) is 0 Å². The van der Waals surface area contributed by atoms with Crippen LogP contribution in [0.2, 0.25) is 0 Å². The smallest absolute Gasteiger partial charge is 0.280 e. The predicted octanol–water partition coefficient (Wildman–Crippen LogP) is -3.34. The predicted molar refractivity (Wildman–Crippen MR) is 123 cm³/mol. The number of hydrazine groups is 1. The van der Waals surface area contributed by atoms with Crippen LogP contribution in [-0.4, -0.2) is 10.5 Å². The van der Waals surface area contributed by atoms with Crippen LogP contribution in [0.4, 0.5) is 5.69 Å². The van der Waals surface area contributed by atoms with Crippen molar-refractivity contribution in [1.29, 1.82) is 0 Å². The lowest BCUT2D eigenvalue weighted by Crippen LogP contribution is -3.00. The number of halogens is 2. The fourth-order valence-electron chi connectivity index (χ4n) is 3.84. The normalized spacial score (nSPS) is 11.0. The maximum absolute atomic E-state index is 12.4. The highest BCUT2D eigenvalue weighted by Gasteiger charge is 2.18. The molecule has 0 fully saturated rings. The summed E-state index contributed by atoms with van der Waals surface area (Å²) < 4.78 is 5.79. The number of amides is 1. The first-order chi connectivity index (χ1) is 15.6. The van der Waals surface area contributed by atoms with Gasteiger partial charge >= 0.3 is 0 Å². The molecule has 4 rings (SSSR count). The van der Waals surface area contributed by atoms with Gasteiger partial charge in [-0.15, -0.1) is 0 Å². The number of aromatic nitrogens is 3. The lowest BCUT2D eigenvalue weighted by Gasteiger charge is -2.20. The Labute approximate surface area is 235 Å². The summed E-state index contributed by atoms with van der Waals surface area (Å²) in [7, 11) is 3.95. The molecule has 0 bridgehead atoms. The molecule has 1 atom stereocenters. The van der Waals surface area contributed by atoms with E-state index in [0.29, 0.717) is 0 Å². The zero-order valence-electron chi connectivity index (χ0n) is 19.2. The molecule has 0 aliphatic rings. The topological polar surface area (TPSA) is 53.8 Å². The molecule has 1 amide bonds. The molecule has 0 aliphatic carbocycles. The number of aryl methyl sites for hydroxylation is 2. The summed E-state index contributed by atoms with van der Waals surface area (Å²) in [5.41, 5.74) is 10.5. The molecule has 34 heavy (non-hydrogen) atoms. The van der Waals surface area contributed by atoms with Crippen LogP contribution in [0.1, 0.15) is 22.6 Å². The lowest BCUT2D eigenvalue weighted by atomic mass is 9.86. The molecule has 178 valence electrons. The summed E-state index contributed by atoms with van der Waals surface area (Å²) in [6.07, 6.45) is 10.6. The molecule has 6 nitrogen and oxygen atoms in total. The van der Waals surface area contributed by atoms with Gasteiger partial charge in [-0.3, -0.25) is 15.6 Å². The van der Waals surface area contributed by atoms with E-state index in [0.717, 1.165) is 17.7 Å². The van der Waals surface area contributed by atoms with Gasteiger partial charge in [0.05, 0.1) is 12.7 Å². The molecule has 2 aromatic carbocycles. The standard InChI is InChI=1S/C26H28N5O.2HI/c1-29-14-12-22(13-15-29)24(21-8-4-3-5-9-21)18-23-10-6-7-11-25(23)27-28-26(32)19-31-17-16-30(2)20-31;;/h3-17,20,24,27H,18-19H2,1-2H3;2*1H/q+1;;/p-1. The number of benzene rings is 2. The average molecular weight is 681 g/mol. The largest absolute Gasteiger partial charge is 1.00 e. The number of imidazole rings is 1. The van der Waals surface area contributed by atoms with Crippen LogP contribution in [0.15, 0.2) is 97.8 Å². The molecule has 2 heterocycles. The number of anilines is 1. The number of hydrogen-bond acceptors (Lipinski definition) is 2. The van der Waals surface area contributed by atoms with Crippen LogP contribution < -0.4 is 67.9 Å². The van der Waals surface area contributed by atoms with E-state index in [1.54, 1.807) is 0 Å². The second-order valence-electron chi connectivity index (χ2n) is 8.05. The van der Waals surface area contributed by atoms with Crippen molar-refractivity contribution in [3.63, 3.8) is 0 Å². The van der Waals surface area contributed by atoms with Crippen LogP contribution in [-0.2, 0) is 31.9 Å². The molecule has 8 heteroatoms. The van der Waals surface area contributed by atoms with E-state index in [1.807, 2.05) is 70.8 Å². The van der Waals surface area contributed by atoms with Crippen molar-refractivity contribution in [3.8, 4) is 0 Å². The van der Waals surface area contributed by atoms with Crippen molar-refractivity contribution in [2.24, 2.45) is 14.1 Å². The number of carbonyl (C=O) groups is 1. The lowest BCUT2D eigenvalue weighted by molar-refractivity contribution is -0.671. The monoisotopic (exact) mass is 681 g/mol. The van der Waals surface area contributed by atoms with Crippen LogP contribution in [0.3, 0.4) is 0 Å².